The number of para-hydroxylation sites is 1. The van der Waals surface area contributed by atoms with E-state index in [1.54, 1.807) is 12.1 Å². The average Bonchev–Trinajstić information content (AvgIpc) is 1.74. The highest BCUT2D eigenvalue weighted by Crippen LogP contribution is 2.67. The summed E-state index contributed by atoms with van der Waals surface area (Å²) in [6.07, 6.45) is 3.85. The standard InChI is InChI=1S/C75H60F2N4O/c1-45-39-56(47-19-11-9-12-20-47)71(78-43-45)80(51-33-29-49(30-34-51)73(3,4)5)53-37-38-54-60(41-53)75(58-24-17-26-62(76)68(58)69-59(75)25-18-27-63(69)77)61-42-64(70-67(66(54)61)55-23-15-16-28-65(55)82-70)81(52-35-31-50(32-36-52)74(6,7)8)72-57(40-46(2)44-79-72)48-21-13-10-14-22-48/h9-44H,1-8H3. The third-order valence-corrected chi connectivity index (χ3v) is 16.9. The molecular formula is C75H60F2N4O. The maximum atomic E-state index is 17.3. The van der Waals surface area contributed by atoms with Crippen LogP contribution >= 0.6 is 0 Å². The zero-order chi connectivity index (χ0) is 56.4. The molecule has 2 aliphatic rings. The number of furan rings is 1. The molecule has 7 heteroatoms. The van der Waals surface area contributed by atoms with Gasteiger partial charge in [-0.3, -0.25) is 9.80 Å². The van der Waals surface area contributed by atoms with Crippen molar-refractivity contribution in [2.24, 2.45) is 0 Å². The maximum Gasteiger partial charge on any atom is 0.160 e. The van der Waals surface area contributed by atoms with E-state index < -0.39 is 17.0 Å². The molecule has 1 spiro atoms. The second-order valence-electron chi connectivity index (χ2n) is 24.2. The molecular weight excluding hydrogens is 1010 g/mol. The number of rotatable bonds is 8. The zero-order valence-corrected chi connectivity index (χ0v) is 47.2. The first-order valence-corrected chi connectivity index (χ1v) is 28.2. The summed E-state index contributed by atoms with van der Waals surface area (Å²) in [7, 11) is 0. The first kappa shape index (κ1) is 50.7. The van der Waals surface area contributed by atoms with Crippen LogP contribution in [0, 0.1) is 25.5 Å². The molecule has 14 rings (SSSR count). The van der Waals surface area contributed by atoms with Gasteiger partial charge in [0.2, 0.25) is 0 Å². The summed E-state index contributed by atoms with van der Waals surface area (Å²) in [4.78, 5) is 15.1. The van der Waals surface area contributed by atoms with Crippen molar-refractivity contribution >= 4 is 56.3 Å². The van der Waals surface area contributed by atoms with Crippen LogP contribution in [0.4, 0.5) is 43.2 Å². The van der Waals surface area contributed by atoms with E-state index >= 15 is 8.78 Å². The lowest BCUT2D eigenvalue weighted by Crippen LogP contribution is -2.27. The highest BCUT2D eigenvalue weighted by atomic mass is 19.1. The van der Waals surface area contributed by atoms with E-state index in [2.05, 4.69) is 211 Å². The van der Waals surface area contributed by atoms with E-state index in [0.717, 1.165) is 95.0 Å². The fourth-order valence-electron chi connectivity index (χ4n) is 13.0. The van der Waals surface area contributed by atoms with Crippen LogP contribution in [-0.4, -0.2) is 9.97 Å². The second-order valence-corrected chi connectivity index (χ2v) is 24.2. The number of aryl methyl sites for hydroxylation is 2. The van der Waals surface area contributed by atoms with E-state index in [0.29, 0.717) is 28.1 Å². The van der Waals surface area contributed by atoms with Crippen molar-refractivity contribution in [2.75, 3.05) is 9.80 Å². The van der Waals surface area contributed by atoms with Gasteiger partial charge in [0.25, 0.3) is 0 Å². The van der Waals surface area contributed by atoms with Crippen LogP contribution in [-0.2, 0) is 16.2 Å². The molecule has 0 saturated carbocycles. The smallest absolute Gasteiger partial charge is 0.160 e. The predicted molar refractivity (Wildman–Crippen MR) is 333 cm³/mol. The van der Waals surface area contributed by atoms with Gasteiger partial charge in [0.15, 0.2) is 5.58 Å². The van der Waals surface area contributed by atoms with Crippen LogP contribution in [0.3, 0.4) is 0 Å². The van der Waals surface area contributed by atoms with Crippen LogP contribution in [0.2, 0.25) is 0 Å². The molecule has 5 nitrogen and oxygen atoms in total. The number of anilines is 6. The molecule has 82 heavy (non-hydrogen) atoms. The fraction of sp³-hybridized carbons (Fsp3) is 0.147. The van der Waals surface area contributed by atoms with Gasteiger partial charge in [0.05, 0.1) is 11.1 Å². The summed E-state index contributed by atoms with van der Waals surface area (Å²) in [5.41, 5.74) is 17.0. The summed E-state index contributed by atoms with van der Waals surface area (Å²) in [6, 6.07) is 70.2. The molecule has 0 N–H and O–H groups in total. The molecule has 400 valence electrons. The summed E-state index contributed by atoms with van der Waals surface area (Å²) >= 11 is 0. The summed E-state index contributed by atoms with van der Waals surface area (Å²) < 4.78 is 42.0. The number of hydrogen-bond donors (Lipinski definition) is 0. The minimum absolute atomic E-state index is 0.0915. The van der Waals surface area contributed by atoms with Crippen molar-refractivity contribution in [3.8, 4) is 44.5 Å². The number of halogens is 2. The number of aromatic nitrogens is 2. The minimum atomic E-state index is -1.27. The van der Waals surface area contributed by atoms with Gasteiger partial charge in [-0.05, 0) is 164 Å². The Morgan fingerprint density at radius 3 is 1.45 bits per heavy atom. The molecule has 12 aromatic rings. The Labute approximate surface area is 477 Å². The Balaban J connectivity index is 1.13. The Bertz CT molecular complexity index is 4460. The average molecular weight is 1070 g/mol. The number of fused-ring (bicyclic) bond motifs is 14. The lowest BCUT2D eigenvalue weighted by atomic mass is 9.70. The van der Waals surface area contributed by atoms with Gasteiger partial charge in [-0.25, -0.2) is 18.7 Å². The monoisotopic (exact) mass is 1070 g/mol. The lowest BCUT2D eigenvalue weighted by molar-refractivity contribution is 0.590. The van der Waals surface area contributed by atoms with Gasteiger partial charge in [-0.15, -0.1) is 0 Å². The largest absolute Gasteiger partial charge is 0.454 e. The summed E-state index contributed by atoms with van der Waals surface area (Å²) in [5, 5.41) is 1.81. The van der Waals surface area contributed by atoms with Crippen molar-refractivity contribution in [3.05, 3.63) is 275 Å². The van der Waals surface area contributed by atoms with Crippen molar-refractivity contribution < 1.29 is 13.2 Å². The lowest BCUT2D eigenvalue weighted by Gasteiger charge is -2.33. The number of hydrogen-bond acceptors (Lipinski definition) is 5. The molecule has 9 aromatic carbocycles. The molecule has 0 fully saturated rings. The van der Waals surface area contributed by atoms with Gasteiger partial charge in [-0.2, -0.15) is 0 Å². The summed E-state index contributed by atoms with van der Waals surface area (Å²) in [5.74, 6) is 0.463. The van der Waals surface area contributed by atoms with Crippen LogP contribution < -0.4 is 9.80 Å². The Morgan fingerprint density at radius 1 is 0.427 bits per heavy atom. The minimum Gasteiger partial charge on any atom is -0.454 e. The molecule has 0 aliphatic heterocycles. The third kappa shape index (κ3) is 7.84. The van der Waals surface area contributed by atoms with E-state index in [9.17, 15) is 0 Å². The zero-order valence-electron chi connectivity index (χ0n) is 47.2. The maximum absolute atomic E-state index is 17.3. The van der Waals surface area contributed by atoms with E-state index in [4.69, 9.17) is 14.4 Å². The normalized spacial score (nSPS) is 13.1. The molecule has 0 bridgehead atoms. The van der Waals surface area contributed by atoms with Gasteiger partial charge in [0.1, 0.15) is 28.9 Å². The number of nitrogens with zero attached hydrogens (tertiary/aromatic N) is 4. The summed E-state index contributed by atoms with van der Waals surface area (Å²) in [6.45, 7) is 17.5. The molecule has 0 unspecified atom stereocenters. The highest BCUT2D eigenvalue weighted by Gasteiger charge is 2.55. The van der Waals surface area contributed by atoms with Crippen molar-refractivity contribution in [2.45, 2.75) is 71.6 Å². The molecule has 0 saturated heterocycles. The number of benzene rings is 9. The van der Waals surface area contributed by atoms with Crippen LogP contribution in [0.25, 0.3) is 66.4 Å². The van der Waals surface area contributed by atoms with Crippen molar-refractivity contribution in [1.29, 1.82) is 0 Å². The predicted octanol–water partition coefficient (Wildman–Crippen LogP) is 20.5. The molecule has 0 atom stereocenters. The first-order valence-electron chi connectivity index (χ1n) is 28.2. The van der Waals surface area contributed by atoms with Crippen LogP contribution in [0.5, 0.6) is 0 Å². The topological polar surface area (TPSA) is 45.4 Å². The third-order valence-electron chi connectivity index (χ3n) is 16.9. The van der Waals surface area contributed by atoms with Gasteiger partial charge >= 0.3 is 0 Å². The Morgan fingerprint density at radius 2 is 0.915 bits per heavy atom. The van der Waals surface area contributed by atoms with Gasteiger partial charge < -0.3 is 4.42 Å². The van der Waals surface area contributed by atoms with Crippen molar-refractivity contribution in [1.82, 2.24) is 9.97 Å². The Kier molecular flexibility index (Phi) is 11.6. The fourth-order valence-corrected chi connectivity index (χ4v) is 13.0. The SMILES string of the molecule is Cc1cnc(N(c2ccc(C(C)(C)C)cc2)c2ccc3c(c2)C2(c4cccc(F)c4-c4c(F)cccc42)c2cc(N(c4ccc(C(C)(C)C)cc4)c4ncc(C)cc4-c4ccccc4)c4oc5ccccc5c4c2-3)c(-c2ccccc2)c1. The van der Waals surface area contributed by atoms with E-state index in [1.165, 1.54) is 23.3 Å². The van der Waals surface area contributed by atoms with Crippen LogP contribution in [0.15, 0.2) is 223 Å². The molecule has 2 aliphatic carbocycles. The van der Waals surface area contributed by atoms with Crippen molar-refractivity contribution in [3.63, 3.8) is 0 Å². The molecule has 0 amide bonds. The Hall–Kier alpha value is -9.46. The van der Waals surface area contributed by atoms with E-state index in [1.807, 2.05) is 48.8 Å². The highest BCUT2D eigenvalue weighted by molar-refractivity contribution is 6.20. The van der Waals surface area contributed by atoms with Gasteiger partial charge in [-0.1, -0.05) is 175 Å². The van der Waals surface area contributed by atoms with E-state index in [-0.39, 0.29) is 22.0 Å². The molecule has 3 heterocycles. The number of pyridine rings is 2. The quantitative estimate of drug-likeness (QED) is 0.152. The van der Waals surface area contributed by atoms with Crippen LogP contribution in [0.1, 0.15) is 86.1 Å². The second kappa shape index (κ2) is 18.8. The molecule has 0 radical (unpaired) electrons. The van der Waals surface area contributed by atoms with Gasteiger partial charge in [0, 0.05) is 62.5 Å². The first-order chi connectivity index (χ1) is 39.6. The molecule has 3 aromatic heterocycles.